The first-order chi connectivity index (χ1) is 15.7. The molecule has 0 saturated heterocycles. The van der Waals surface area contributed by atoms with Crippen LogP contribution in [0.15, 0.2) is 42.0 Å². The van der Waals surface area contributed by atoms with Gasteiger partial charge in [0.15, 0.2) is 0 Å². The van der Waals surface area contributed by atoms with E-state index in [0.717, 1.165) is 13.0 Å². The van der Waals surface area contributed by atoms with Crippen LogP contribution in [0.2, 0.25) is 0 Å². The summed E-state index contributed by atoms with van der Waals surface area (Å²) in [7, 11) is 0. The van der Waals surface area contributed by atoms with Gasteiger partial charge in [-0.1, -0.05) is 71.2 Å². The highest BCUT2D eigenvalue weighted by Crippen LogP contribution is 2.52. The van der Waals surface area contributed by atoms with Crippen molar-refractivity contribution in [3.63, 3.8) is 0 Å². The summed E-state index contributed by atoms with van der Waals surface area (Å²) in [6.07, 6.45) is 12.6. The summed E-state index contributed by atoms with van der Waals surface area (Å²) >= 11 is 0. The molecule has 1 saturated carbocycles. The van der Waals surface area contributed by atoms with Gasteiger partial charge < -0.3 is 4.90 Å². The van der Waals surface area contributed by atoms with Gasteiger partial charge in [-0.2, -0.15) is 0 Å². The zero-order valence-corrected chi connectivity index (χ0v) is 21.9. The summed E-state index contributed by atoms with van der Waals surface area (Å²) in [4.78, 5) is 2.64. The maximum Gasteiger partial charge on any atom is 0.0443 e. The van der Waals surface area contributed by atoms with E-state index in [1.165, 1.54) is 61.9 Å². The summed E-state index contributed by atoms with van der Waals surface area (Å²) in [5.41, 5.74) is 12.8. The number of rotatable bonds is 6. The lowest BCUT2D eigenvalue weighted by molar-refractivity contribution is 0.225. The van der Waals surface area contributed by atoms with Crippen molar-refractivity contribution in [1.29, 1.82) is 0 Å². The van der Waals surface area contributed by atoms with Crippen molar-refractivity contribution in [2.75, 3.05) is 11.4 Å². The topological polar surface area (TPSA) is 3.24 Å². The monoisotopic (exact) mass is 441 g/mol. The van der Waals surface area contributed by atoms with Gasteiger partial charge in [0.2, 0.25) is 0 Å². The third kappa shape index (κ3) is 3.76. The molecule has 0 aliphatic heterocycles. The van der Waals surface area contributed by atoms with Gasteiger partial charge in [0.05, 0.1) is 0 Å². The van der Waals surface area contributed by atoms with Crippen LogP contribution in [0.4, 0.5) is 11.4 Å². The molecule has 0 spiro atoms. The Morgan fingerprint density at radius 1 is 1.00 bits per heavy atom. The van der Waals surface area contributed by atoms with Crippen molar-refractivity contribution in [2.45, 2.75) is 104 Å². The minimum atomic E-state index is 0.223. The fourth-order valence-corrected chi connectivity index (χ4v) is 6.74. The lowest BCUT2D eigenvalue weighted by Crippen LogP contribution is -2.32. The summed E-state index contributed by atoms with van der Waals surface area (Å²) in [6.45, 7) is 15.5. The third-order valence-corrected chi connectivity index (χ3v) is 9.50. The number of anilines is 2. The number of allylic oxidation sites excluding steroid dienone is 2. The minimum absolute atomic E-state index is 0.223. The van der Waals surface area contributed by atoms with Gasteiger partial charge in [-0.05, 0) is 102 Å². The minimum Gasteiger partial charge on any atom is -0.341 e. The molecule has 0 radical (unpaired) electrons. The molecular weight excluding hydrogens is 398 g/mol. The van der Waals surface area contributed by atoms with E-state index in [0.29, 0.717) is 11.3 Å². The first kappa shape index (κ1) is 22.8. The molecule has 1 nitrogen and oxygen atoms in total. The van der Waals surface area contributed by atoms with Gasteiger partial charge in [-0.3, -0.25) is 0 Å². The second-order valence-corrected chi connectivity index (χ2v) is 12.2. The standard InChI is InChI=1S/C32H43N/c1-7-8-9-17-33(26-15-16-29-25(19-26)21-31(3,4)32(29,5)6)30-20-24-14-13-23-11-10-12-27(23)28(24)18-22(30)2/h13,15-16,18-20,27H,7-12,14,17,21H2,1-6H3. The maximum atomic E-state index is 2.64. The quantitative estimate of drug-likeness (QED) is 0.319. The molecule has 2 aromatic rings. The van der Waals surface area contributed by atoms with Crippen LogP contribution in [0.5, 0.6) is 0 Å². The Labute approximate surface area is 202 Å². The molecule has 0 N–H and O–H groups in total. The Bertz CT molecular complexity index is 1080. The highest BCUT2D eigenvalue weighted by atomic mass is 15.1. The molecule has 0 amide bonds. The summed E-state index contributed by atoms with van der Waals surface area (Å²) < 4.78 is 0. The predicted octanol–water partition coefficient (Wildman–Crippen LogP) is 8.93. The number of nitrogens with zero attached hydrogens (tertiary/aromatic N) is 1. The molecule has 0 aromatic heterocycles. The molecular formula is C32H43N. The molecule has 1 heteroatoms. The fraction of sp³-hybridized carbons (Fsp3) is 0.562. The Morgan fingerprint density at radius 3 is 2.61 bits per heavy atom. The summed E-state index contributed by atoms with van der Waals surface area (Å²) in [5, 5.41) is 0. The molecule has 33 heavy (non-hydrogen) atoms. The molecule has 2 aromatic carbocycles. The Hall–Kier alpha value is -2.02. The van der Waals surface area contributed by atoms with Crippen LogP contribution >= 0.6 is 0 Å². The van der Waals surface area contributed by atoms with E-state index in [-0.39, 0.29) is 5.41 Å². The van der Waals surface area contributed by atoms with Gasteiger partial charge in [0.25, 0.3) is 0 Å². The fourth-order valence-electron chi connectivity index (χ4n) is 6.74. The Kier molecular flexibility index (Phi) is 5.74. The number of unbranched alkanes of at least 4 members (excludes halogenated alkanes) is 2. The lowest BCUT2D eigenvalue weighted by Gasteiger charge is -2.35. The van der Waals surface area contributed by atoms with Crippen LogP contribution in [-0.2, 0) is 18.3 Å². The second-order valence-electron chi connectivity index (χ2n) is 12.2. The van der Waals surface area contributed by atoms with Crippen LogP contribution in [0, 0.1) is 12.3 Å². The second kappa shape index (κ2) is 8.33. The zero-order valence-electron chi connectivity index (χ0n) is 21.9. The molecule has 3 aliphatic rings. The van der Waals surface area contributed by atoms with E-state index < -0.39 is 0 Å². The van der Waals surface area contributed by atoms with Gasteiger partial charge in [0.1, 0.15) is 0 Å². The van der Waals surface area contributed by atoms with Crippen molar-refractivity contribution in [1.82, 2.24) is 0 Å². The zero-order chi connectivity index (χ0) is 23.4. The van der Waals surface area contributed by atoms with Crippen molar-refractivity contribution in [3.8, 4) is 0 Å². The Morgan fingerprint density at radius 2 is 1.82 bits per heavy atom. The molecule has 0 bridgehead atoms. The first-order valence-electron chi connectivity index (χ1n) is 13.5. The van der Waals surface area contributed by atoms with Gasteiger partial charge >= 0.3 is 0 Å². The molecule has 5 rings (SSSR count). The van der Waals surface area contributed by atoms with Gasteiger partial charge in [-0.15, -0.1) is 0 Å². The SMILES string of the molecule is CCCCCN(c1ccc2c(c1)CC(C)(C)C2(C)C)c1cc2c(cc1C)C1CCCC1=CC2. The van der Waals surface area contributed by atoms with Crippen molar-refractivity contribution in [3.05, 3.63) is 69.8 Å². The van der Waals surface area contributed by atoms with Crippen LogP contribution in [0.3, 0.4) is 0 Å². The number of aryl methyl sites for hydroxylation is 1. The van der Waals surface area contributed by atoms with E-state index in [1.807, 2.05) is 0 Å². The molecule has 1 unspecified atom stereocenters. The summed E-state index contributed by atoms with van der Waals surface area (Å²) in [5.74, 6) is 0.694. The van der Waals surface area contributed by atoms with E-state index in [2.05, 4.69) is 82.9 Å². The predicted molar refractivity (Wildman–Crippen MR) is 143 cm³/mol. The number of fused-ring (bicyclic) bond motifs is 4. The summed E-state index contributed by atoms with van der Waals surface area (Å²) in [6, 6.07) is 12.4. The van der Waals surface area contributed by atoms with Crippen LogP contribution < -0.4 is 4.90 Å². The number of hydrogen-bond acceptors (Lipinski definition) is 1. The highest BCUT2D eigenvalue weighted by molar-refractivity contribution is 5.70. The van der Waals surface area contributed by atoms with E-state index in [1.54, 1.807) is 27.8 Å². The first-order valence-corrected chi connectivity index (χ1v) is 13.5. The van der Waals surface area contributed by atoms with E-state index in [9.17, 15) is 0 Å². The highest BCUT2D eigenvalue weighted by Gasteiger charge is 2.45. The van der Waals surface area contributed by atoms with Crippen molar-refractivity contribution < 1.29 is 0 Å². The molecule has 176 valence electrons. The van der Waals surface area contributed by atoms with Crippen LogP contribution in [0.25, 0.3) is 0 Å². The largest absolute Gasteiger partial charge is 0.341 e. The van der Waals surface area contributed by atoms with Crippen molar-refractivity contribution in [2.24, 2.45) is 5.41 Å². The average Bonchev–Trinajstić information content (AvgIpc) is 3.31. The average molecular weight is 442 g/mol. The molecule has 3 aliphatic carbocycles. The van der Waals surface area contributed by atoms with Gasteiger partial charge in [0, 0.05) is 23.8 Å². The maximum absolute atomic E-state index is 2.64. The van der Waals surface area contributed by atoms with Crippen LogP contribution in [0.1, 0.15) is 107 Å². The van der Waals surface area contributed by atoms with Crippen LogP contribution in [-0.4, -0.2) is 6.54 Å². The van der Waals surface area contributed by atoms with Crippen molar-refractivity contribution >= 4 is 11.4 Å². The van der Waals surface area contributed by atoms with Gasteiger partial charge in [-0.25, -0.2) is 0 Å². The van der Waals surface area contributed by atoms with E-state index >= 15 is 0 Å². The Balaban J connectivity index is 1.54. The molecule has 1 atom stereocenters. The normalized spacial score (nSPS) is 21.9. The molecule has 0 heterocycles. The third-order valence-electron chi connectivity index (χ3n) is 9.50. The number of hydrogen-bond donors (Lipinski definition) is 0. The van der Waals surface area contributed by atoms with E-state index in [4.69, 9.17) is 0 Å². The molecule has 1 fully saturated rings. The lowest BCUT2D eigenvalue weighted by atomic mass is 9.69. The number of benzene rings is 2. The smallest absolute Gasteiger partial charge is 0.0443 e.